The summed E-state index contributed by atoms with van der Waals surface area (Å²) in [6.45, 7) is 4.34. The summed E-state index contributed by atoms with van der Waals surface area (Å²) in [5.41, 5.74) is -0.983. The summed E-state index contributed by atoms with van der Waals surface area (Å²) in [4.78, 5) is 10.9. The maximum atomic E-state index is 10.9. The molecular formula is C18H36O3. The van der Waals surface area contributed by atoms with Crippen LogP contribution in [0.1, 0.15) is 104 Å². The first-order valence-electron chi connectivity index (χ1n) is 8.98. The van der Waals surface area contributed by atoms with Crippen molar-refractivity contribution in [1.29, 1.82) is 0 Å². The van der Waals surface area contributed by atoms with Gasteiger partial charge in [0.25, 0.3) is 0 Å². The molecule has 0 bridgehead atoms. The van der Waals surface area contributed by atoms with Crippen molar-refractivity contribution >= 4 is 5.97 Å². The minimum absolute atomic E-state index is 0.104. The Bertz CT molecular complexity index is 253. The average molecular weight is 300 g/mol. The van der Waals surface area contributed by atoms with E-state index in [9.17, 15) is 9.90 Å². The molecule has 0 rings (SSSR count). The molecule has 21 heavy (non-hydrogen) atoms. The maximum absolute atomic E-state index is 10.9. The van der Waals surface area contributed by atoms with Gasteiger partial charge in [-0.15, -0.1) is 0 Å². The van der Waals surface area contributed by atoms with E-state index < -0.39 is 11.6 Å². The van der Waals surface area contributed by atoms with Gasteiger partial charge in [0.15, 0.2) is 0 Å². The third-order valence-corrected chi connectivity index (χ3v) is 4.22. The molecule has 0 saturated heterocycles. The predicted molar refractivity (Wildman–Crippen MR) is 88.6 cm³/mol. The van der Waals surface area contributed by atoms with E-state index in [-0.39, 0.29) is 6.42 Å². The first kappa shape index (κ1) is 20.4. The zero-order valence-corrected chi connectivity index (χ0v) is 14.2. The van der Waals surface area contributed by atoms with Crippen molar-refractivity contribution < 1.29 is 15.0 Å². The molecule has 0 saturated carbocycles. The van der Waals surface area contributed by atoms with Crippen molar-refractivity contribution in [3.63, 3.8) is 0 Å². The van der Waals surface area contributed by atoms with Crippen molar-refractivity contribution in [2.45, 2.75) is 109 Å². The van der Waals surface area contributed by atoms with Gasteiger partial charge in [0.2, 0.25) is 0 Å². The molecule has 0 aliphatic carbocycles. The Morgan fingerprint density at radius 2 is 1.14 bits per heavy atom. The van der Waals surface area contributed by atoms with Crippen molar-refractivity contribution in [3.8, 4) is 0 Å². The quantitative estimate of drug-likeness (QED) is 0.403. The Morgan fingerprint density at radius 1 is 0.762 bits per heavy atom. The second-order valence-electron chi connectivity index (χ2n) is 6.48. The standard InChI is InChI=1S/C18H36O3/c1-3-5-7-8-9-10-11-13-15-18(21,16-17(19)20)14-12-6-4-2/h21H,3-16H2,1-2H3,(H,19,20). The number of rotatable bonds is 15. The van der Waals surface area contributed by atoms with Gasteiger partial charge in [0.1, 0.15) is 0 Å². The summed E-state index contributed by atoms with van der Waals surface area (Å²) in [6.07, 6.45) is 14.0. The molecular weight excluding hydrogens is 264 g/mol. The fourth-order valence-corrected chi connectivity index (χ4v) is 2.88. The molecule has 3 nitrogen and oxygen atoms in total. The van der Waals surface area contributed by atoms with Gasteiger partial charge in [-0.2, -0.15) is 0 Å². The zero-order valence-electron chi connectivity index (χ0n) is 14.2. The molecule has 0 aromatic rings. The molecule has 2 N–H and O–H groups in total. The van der Waals surface area contributed by atoms with Crippen LogP contribution in [0.2, 0.25) is 0 Å². The van der Waals surface area contributed by atoms with E-state index >= 15 is 0 Å². The number of hydrogen-bond donors (Lipinski definition) is 2. The molecule has 0 aromatic heterocycles. The molecule has 0 aliphatic rings. The largest absolute Gasteiger partial charge is 0.481 e. The van der Waals surface area contributed by atoms with Crippen molar-refractivity contribution in [3.05, 3.63) is 0 Å². The fraction of sp³-hybridized carbons (Fsp3) is 0.944. The Morgan fingerprint density at radius 3 is 1.62 bits per heavy atom. The molecule has 0 fully saturated rings. The summed E-state index contributed by atoms with van der Waals surface area (Å²) >= 11 is 0. The lowest BCUT2D eigenvalue weighted by Gasteiger charge is -2.26. The highest BCUT2D eigenvalue weighted by Gasteiger charge is 2.28. The highest BCUT2D eigenvalue weighted by molar-refractivity contribution is 5.68. The molecule has 126 valence electrons. The van der Waals surface area contributed by atoms with E-state index in [1.165, 1.54) is 38.5 Å². The van der Waals surface area contributed by atoms with Gasteiger partial charge < -0.3 is 10.2 Å². The predicted octanol–water partition coefficient (Wildman–Crippen LogP) is 5.30. The van der Waals surface area contributed by atoms with E-state index in [2.05, 4.69) is 13.8 Å². The first-order valence-corrected chi connectivity index (χ1v) is 8.98. The SMILES string of the molecule is CCCCCCCCCCC(O)(CCCCC)CC(=O)O. The van der Waals surface area contributed by atoms with Gasteiger partial charge in [0, 0.05) is 0 Å². The summed E-state index contributed by atoms with van der Waals surface area (Å²) in [5, 5.41) is 19.5. The Kier molecular flexibility index (Phi) is 12.8. The maximum Gasteiger partial charge on any atom is 0.306 e. The van der Waals surface area contributed by atoms with Gasteiger partial charge in [0.05, 0.1) is 12.0 Å². The van der Waals surface area contributed by atoms with Gasteiger partial charge in [-0.3, -0.25) is 4.79 Å². The fourth-order valence-electron chi connectivity index (χ4n) is 2.88. The molecule has 0 radical (unpaired) electrons. The highest BCUT2D eigenvalue weighted by Crippen LogP contribution is 2.26. The number of unbranched alkanes of at least 4 members (excludes halogenated alkanes) is 9. The van der Waals surface area contributed by atoms with Crippen LogP contribution in [0.4, 0.5) is 0 Å². The minimum atomic E-state index is -0.983. The highest BCUT2D eigenvalue weighted by atomic mass is 16.4. The van der Waals surface area contributed by atoms with Crippen LogP contribution in [0, 0.1) is 0 Å². The molecule has 0 aromatic carbocycles. The third-order valence-electron chi connectivity index (χ3n) is 4.22. The first-order chi connectivity index (χ1) is 10.0. The van der Waals surface area contributed by atoms with E-state index in [0.29, 0.717) is 12.8 Å². The van der Waals surface area contributed by atoms with Gasteiger partial charge >= 0.3 is 5.97 Å². The number of aliphatic hydroxyl groups is 1. The van der Waals surface area contributed by atoms with Crippen LogP contribution in [0.3, 0.4) is 0 Å². The van der Waals surface area contributed by atoms with Crippen LogP contribution >= 0.6 is 0 Å². The van der Waals surface area contributed by atoms with Crippen molar-refractivity contribution in [2.75, 3.05) is 0 Å². The molecule has 3 heteroatoms. The van der Waals surface area contributed by atoms with Crippen LogP contribution in [0.5, 0.6) is 0 Å². The van der Waals surface area contributed by atoms with E-state index in [1.807, 2.05) is 0 Å². The minimum Gasteiger partial charge on any atom is -0.481 e. The van der Waals surface area contributed by atoms with E-state index in [1.54, 1.807) is 0 Å². The van der Waals surface area contributed by atoms with Crippen LogP contribution in [-0.2, 0) is 4.79 Å². The molecule has 0 amide bonds. The number of carboxylic acid groups (broad SMARTS) is 1. The summed E-state index contributed by atoms with van der Waals surface area (Å²) in [7, 11) is 0. The third kappa shape index (κ3) is 12.9. The topological polar surface area (TPSA) is 57.5 Å². The second-order valence-corrected chi connectivity index (χ2v) is 6.48. The Hall–Kier alpha value is -0.570. The van der Waals surface area contributed by atoms with Crippen molar-refractivity contribution in [1.82, 2.24) is 0 Å². The van der Waals surface area contributed by atoms with Gasteiger partial charge in [-0.25, -0.2) is 0 Å². The lowest BCUT2D eigenvalue weighted by molar-refractivity contribution is -0.143. The number of hydrogen-bond acceptors (Lipinski definition) is 2. The summed E-state index contributed by atoms with van der Waals surface area (Å²) in [5.74, 6) is -0.881. The van der Waals surface area contributed by atoms with E-state index in [0.717, 1.165) is 32.1 Å². The van der Waals surface area contributed by atoms with Gasteiger partial charge in [-0.05, 0) is 12.8 Å². The van der Waals surface area contributed by atoms with Crippen LogP contribution < -0.4 is 0 Å². The number of carboxylic acids is 1. The lowest BCUT2D eigenvalue weighted by atomic mass is 9.87. The molecule has 0 heterocycles. The smallest absolute Gasteiger partial charge is 0.306 e. The molecule has 0 aliphatic heterocycles. The Balaban J connectivity index is 3.82. The van der Waals surface area contributed by atoms with Crippen LogP contribution in [0.25, 0.3) is 0 Å². The summed E-state index contributed by atoms with van der Waals surface area (Å²) < 4.78 is 0. The molecule has 0 spiro atoms. The number of aliphatic carboxylic acids is 1. The van der Waals surface area contributed by atoms with Crippen LogP contribution in [0.15, 0.2) is 0 Å². The monoisotopic (exact) mass is 300 g/mol. The average Bonchev–Trinajstić information content (AvgIpc) is 2.41. The van der Waals surface area contributed by atoms with Crippen molar-refractivity contribution in [2.24, 2.45) is 0 Å². The lowest BCUT2D eigenvalue weighted by Crippen LogP contribution is -2.31. The Labute approximate surface area is 131 Å². The number of carbonyl (C=O) groups is 1. The molecule has 1 unspecified atom stereocenters. The van der Waals surface area contributed by atoms with Gasteiger partial charge in [-0.1, -0.05) is 84.5 Å². The zero-order chi connectivity index (χ0) is 16.0. The van der Waals surface area contributed by atoms with Crippen LogP contribution in [-0.4, -0.2) is 21.8 Å². The van der Waals surface area contributed by atoms with E-state index in [4.69, 9.17) is 5.11 Å². The second kappa shape index (κ2) is 13.1. The molecule has 1 atom stereocenters. The normalized spacial score (nSPS) is 14.0. The summed E-state index contributed by atoms with van der Waals surface area (Å²) in [6, 6.07) is 0.